The van der Waals surface area contributed by atoms with Gasteiger partial charge in [0, 0.05) is 17.5 Å². The molecule has 0 radical (unpaired) electrons. The second kappa shape index (κ2) is 4.77. The van der Waals surface area contributed by atoms with Gasteiger partial charge in [-0.3, -0.25) is 14.9 Å². The van der Waals surface area contributed by atoms with Crippen molar-refractivity contribution in [2.75, 3.05) is 0 Å². The summed E-state index contributed by atoms with van der Waals surface area (Å²) in [5.41, 5.74) is 0.425. The molecule has 0 aliphatic carbocycles. The zero-order valence-corrected chi connectivity index (χ0v) is 11.6. The highest BCUT2D eigenvalue weighted by molar-refractivity contribution is 5.84. The number of H-pyrrole nitrogens is 1. The summed E-state index contributed by atoms with van der Waals surface area (Å²) in [6.07, 6.45) is 0. The molecular weight excluding hydrogens is 298 g/mol. The molecule has 23 heavy (non-hydrogen) atoms. The highest BCUT2D eigenvalue weighted by Gasteiger charge is 2.13. The monoisotopic (exact) mass is 307 g/mol. The third-order valence-corrected chi connectivity index (χ3v) is 3.56. The van der Waals surface area contributed by atoms with E-state index in [2.05, 4.69) is 9.97 Å². The van der Waals surface area contributed by atoms with E-state index in [0.717, 1.165) is 5.39 Å². The molecule has 2 aromatic carbocycles. The van der Waals surface area contributed by atoms with Crippen molar-refractivity contribution in [3.8, 4) is 11.6 Å². The van der Waals surface area contributed by atoms with Crippen molar-refractivity contribution in [2.24, 2.45) is 0 Å². The van der Waals surface area contributed by atoms with E-state index >= 15 is 0 Å². The van der Waals surface area contributed by atoms with E-state index in [-0.39, 0.29) is 28.0 Å². The number of nitro benzene ring substituents is 1. The van der Waals surface area contributed by atoms with Crippen LogP contribution >= 0.6 is 0 Å². The minimum absolute atomic E-state index is 0.119. The molecule has 7 heteroatoms. The molecule has 0 aliphatic rings. The summed E-state index contributed by atoms with van der Waals surface area (Å²) in [7, 11) is 0. The first-order valence-electron chi connectivity index (χ1n) is 6.79. The summed E-state index contributed by atoms with van der Waals surface area (Å²) in [6.45, 7) is 0. The number of fused-ring (bicyclic) bond motifs is 2. The molecule has 0 atom stereocenters. The number of nitrogens with zero attached hydrogens (tertiary/aromatic N) is 2. The Hall–Kier alpha value is -3.48. The number of benzene rings is 2. The average Bonchev–Trinajstić information content (AvgIpc) is 2.98. The van der Waals surface area contributed by atoms with Crippen molar-refractivity contribution in [2.45, 2.75) is 0 Å². The molecule has 0 aliphatic heterocycles. The van der Waals surface area contributed by atoms with Gasteiger partial charge >= 0.3 is 0 Å². The Balaban J connectivity index is 1.96. The normalized spacial score (nSPS) is 11.1. The Morgan fingerprint density at radius 2 is 1.96 bits per heavy atom. The Kier molecular flexibility index (Phi) is 2.74. The molecule has 4 rings (SSSR count). The van der Waals surface area contributed by atoms with Crippen LogP contribution in [0, 0.1) is 10.1 Å². The molecule has 0 amide bonds. The second-order valence-electron chi connectivity index (χ2n) is 5.02. The number of para-hydroxylation sites is 1. The van der Waals surface area contributed by atoms with Crippen LogP contribution in [-0.4, -0.2) is 14.9 Å². The zero-order valence-electron chi connectivity index (χ0n) is 11.6. The Labute approximate surface area is 128 Å². The van der Waals surface area contributed by atoms with Crippen molar-refractivity contribution in [1.29, 1.82) is 0 Å². The molecule has 0 spiro atoms. The van der Waals surface area contributed by atoms with E-state index < -0.39 is 4.92 Å². The van der Waals surface area contributed by atoms with Crippen LogP contribution in [0.5, 0.6) is 0 Å². The van der Waals surface area contributed by atoms with Gasteiger partial charge in [0.25, 0.3) is 11.2 Å². The molecule has 2 aromatic heterocycles. The van der Waals surface area contributed by atoms with Gasteiger partial charge in [-0.25, -0.2) is 4.98 Å². The number of hydrogen-bond acceptors (Lipinski definition) is 5. The third kappa shape index (κ3) is 2.15. The smallest absolute Gasteiger partial charge is 0.271 e. The lowest BCUT2D eigenvalue weighted by Gasteiger charge is -2.00. The van der Waals surface area contributed by atoms with Crippen LogP contribution in [-0.2, 0) is 0 Å². The maximum atomic E-state index is 12.2. The summed E-state index contributed by atoms with van der Waals surface area (Å²) in [5.74, 6) is 0.635. The van der Waals surface area contributed by atoms with Crippen LogP contribution in [0.1, 0.15) is 0 Å². The summed E-state index contributed by atoms with van der Waals surface area (Å²) < 4.78 is 5.67. The van der Waals surface area contributed by atoms with E-state index in [1.807, 2.05) is 24.3 Å². The molecule has 0 saturated heterocycles. The zero-order chi connectivity index (χ0) is 16.0. The molecule has 1 N–H and O–H groups in total. The first-order valence-corrected chi connectivity index (χ1v) is 6.79. The quantitative estimate of drug-likeness (QED) is 0.452. The first-order chi connectivity index (χ1) is 11.1. The number of hydrogen-bond donors (Lipinski definition) is 1. The molecule has 0 saturated carbocycles. The molecule has 0 fully saturated rings. The van der Waals surface area contributed by atoms with Gasteiger partial charge in [0.2, 0.25) is 0 Å². The van der Waals surface area contributed by atoms with Crippen LogP contribution in [0.3, 0.4) is 0 Å². The maximum absolute atomic E-state index is 12.2. The Morgan fingerprint density at radius 3 is 2.74 bits per heavy atom. The van der Waals surface area contributed by atoms with E-state index in [1.54, 1.807) is 6.07 Å². The van der Waals surface area contributed by atoms with Gasteiger partial charge in [-0.15, -0.1) is 0 Å². The van der Waals surface area contributed by atoms with Crippen LogP contribution in [0.15, 0.2) is 57.7 Å². The highest BCUT2D eigenvalue weighted by atomic mass is 16.6. The van der Waals surface area contributed by atoms with Gasteiger partial charge < -0.3 is 9.40 Å². The predicted octanol–water partition coefficient (Wildman–Crippen LogP) is 3.24. The number of nitro groups is 1. The lowest BCUT2D eigenvalue weighted by atomic mass is 10.2. The Bertz CT molecular complexity index is 1090. The van der Waals surface area contributed by atoms with Crippen molar-refractivity contribution in [3.05, 3.63) is 69.0 Å². The first kappa shape index (κ1) is 13.2. The molecule has 4 aromatic rings. The molecule has 0 bridgehead atoms. The van der Waals surface area contributed by atoms with Crippen molar-refractivity contribution >= 4 is 27.6 Å². The summed E-state index contributed by atoms with van der Waals surface area (Å²) in [5, 5.41) is 12.0. The molecule has 7 nitrogen and oxygen atoms in total. The van der Waals surface area contributed by atoms with E-state index in [0.29, 0.717) is 11.3 Å². The molecular formula is C16H9N3O4. The predicted molar refractivity (Wildman–Crippen MR) is 84.2 cm³/mol. The van der Waals surface area contributed by atoms with Crippen LogP contribution in [0.2, 0.25) is 0 Å². The van der Waals surface area contributed by atoms with E-state index in [9.17, 15) is 14.9 Å². The largest absolute Gasteiger partial charge is 0.453 e. The summed E-state index contributed by atoms with van der Waals surface area (Å²) in [6, 6.07) is 13.1. The van der Waals surface area contributed by atoms with Gasteiger partial charge in [-0.2, -0.15) is 0 Å². The number of aromatic nitrogens is 2. The number of furan rings is 1. The van der Waals surface area contributed by atoms with Crippen molar-refractivity contribution in [3.63, 3.8) is 0 Å². The van der Waals surface area contributed by atoms with E-state index in [1.165, 1.54) is 18.2 Å². The lowest BCUT2D eigenvalue weighted by molar-refractivity contribution is -0.384. The SMILES string of the molecule is O=c1[nH]c(-c2cc3ccccc3o2)nc2cc([N+](=O)[O-])ccc12. The highest BCUT2D eigenvalue weighted by Crippen LogP contribution is 2.26. The topological polar surface area (TPSA) is 102 Å². The average molecular weight is 307 g/mol. The van der Waals surface area contributed by atoms with Gasteiger partial charge in [-0.05, 0) is 18.2 Å². The van der Waals surface area contributed by atoms with Gasteiger partial charge in [-0.1, -0.05) is 18.2 Å². The minimum atomic E-state index is -0.525. The Morgan fingerprint density at radius 1 is 1.13 bits per heavy atom. The molecule has 2 heterocycles. The van der Waals surface area contributed by atoms with Crippen molar-refractivity contribution in [1.82, 2.24) is 9.97 Å². The van der Waals surface area contributed by atoms with Gasteiger partial charge in [0.15, 0.2) is 11.6 Å². The second-order valence-corrected chi connectivity index (χ2v) is 5.02. The van der Waals surface area contributed by atoms with Crippen LogP contribution in [0.4, 0.5) is 5.69 Å². The maximum Gasteiger partial charge on any atom is 0.271 e. The summed E-state index contributed by atoms with van der Waals surface area (Å²) in [4.78, 5) is 29.4. The fourth-order valence-electron chi connectivity index (χ4n) is 2.46. The molecule has 0 unspecified atom stereocenters. The number of aromatic amines is 1. The van der Waals surface area contributed by atoms with Crippen LogP contribution in [0.25, 0.3) is 33.5 Å². The molecule has 112 valence electrons. The lowest BCUT2D eigenvalue weighted by Crippen LogP contribution is -2.09. The van der Waals surface area contributed by atoms with E-state index in [4.69, 9.17) is 4.42 Å². The van der Waals surface area contributed by atoms with Gasteiger partial charge in [0.05, 0.1) is 15.8 Å². The third-order valence-electron chi connectivity index (χ3n) is 3.56. The van der Waals surface area contributed by atoms with Crippen LogP contribution < -0.4 is 5.56 Å². The number of rotatable bonds is 2. The number of non-ortho nitro benzene ring substituents is 1. The summed E-state index contributed by atoms with van der Waals surface area (Å²) >= 11 is 0. The standard InChI is InChI=1S/C16H9N3O4/c20-16-11-6-5-10(19(21)22)8-12(11)17-15(18-16)14-7-9-3-1-2-4-13(9)23-14/h1-8H,(H,17,18,20). The fourth-order valence-corrected chi connectivity index (χ4v) is 2.46. The number of nitrogens with one attached hydrogen (secondary N) is 1. The fraction of sp³-hybridized carbons (Fsp3) is 0. The minimum Gasteiger partial charge on any atom is -0.453 e. The van der Waals surface area contributed by atoms with Crippen molar-refractivity contribution < 1.29 is 9.34 Å². The van der Waals surface area contributed by atoms with Gasteiger partial charge in [0.1, 0.15) is 5.58 Å².